The predicted molar refractivity (Wildman–Crippen MR) is 105 cm³/mol. The van der Waals surface area contributed by atoms with Crippen molar-refractivity contribution in [2.45, 2.75) is 44.9 Å². The molecule has 0 fully saturated rings. The minimum Gasteiger partial charge on any atom is -0.354 e. The van der Waals surface area contributed by atoms with Gasteiger partial charge >= 0.3 is 0 Å². The summed E-state index contributed by atoms with van der Waals surface area (Å²) in [5.41, 5.74) is 5.25. The van der Waals surface area contributed by atoms with Gasteiger partial charge < -0.3 is 4.98 Å². The summed E-state index contributed by atoms with van der Waals surface area (Å²) in [5, 5.41) is 1.36. The molecule has 3 rings (SSSR count). The maximum atomic E-state index is 4.01. The van der Waals surface area contributed by atoms with E-state index in [-0.39, 0.29) is 0 Å². The second-order valence-electron chi connectivity index (χ2n) is 6.54. The van der Waals surface area contributed by atoms with Crippen molar-refractivity contribution >= 4 is 10.9 Å². The zero-order valence-electron chi connectivity index (χ0n) is 14.6. The molecule has 0 aliphatic rings. The van der Waals surface area contributed by atoms with E-state index in [2.05, 4.69) is 79.2 Å². The summed E-state index contributed by atoms with van der Waals surface area (Å²) in [5.74, 6) is 0.528. The lowest BCUT2D eigenvalue weighted by Crippen LogP contribution is -2.00. The van der Waals surface area contributed by atoms with Crippen LogP contribution in [0.5, 0.6) is 0 Å². The first-order chi connectivity index (χ1) is 11.8. The smallest absolute Gasteiger partial charge is 0.0500 e. The average molecular weight is 317 g/mol. The van der Waals surface area contributed by atoms with Crippen LogP contribution >= 0.6 is 0 Å². The van der Waals surface area contributed by atoms with Crippen LogP contribution in [-0.4, -0.2) is 4.98 Å². The van der Waals surface area contributed by atoms with Crippen LogP contribution in [0.4, 0.5) is 0 Å². The number of rotatable bonds is 8. The number of para-hydroxylation sites is 1. The molecular formula is C23H27N. The summed E-state index contributed by atoms with van der Waals surface area (Å²) in [4.78, 5) is 3.68. The van der Waals surface area contributed by atoms with E-state index in [9.17, 15) is 0 Å². The maximum Gasteiger partial charge on any atom is 0.0500 e. The van der Waals surface area contributed by atoms with Crippen LogP contribution in [0, 0.1) is 0 Å². The number of hydrogen-bond acceptors (Lipinski definition) is 0. The highest BCUT2D eigenvalue weighted by molar-refractivity contribution is 5.91. The van der Waals surface area contributed by atoms with Gasteiger partial charge in [0.25, 0.3) is 0 Å². The van der Waals surface area contributed by atoms with Gasteiger partial charge in [0.15, 0.2) is 0 Å². The van der Waals surface area contributed by atoms with Crippen LogP contribution in [0.3, 0.4) is 0 Å². The highest BCUT2D eigenvalue weighted by Gasteiger charge is 2.20. The van der Waals surface area contributed by atoms with E-state index in [0.29, 0.717) is 5.92 Å². The zero-order valence-corrected chi connectivity index (χ0v) is 14.6. The SMILES string of the molecule is C=CCC(CCCCC)c1c(-c2ccccc2)[nH]c2ccccc12. The summed E-state index contributed by atoms with van der Waals surface area (Å²) in [6, 6.07) is 19.4. The third-order valence-corrected chi connectivity index (χ3v) is 4.82. The Morgan fingerprint density at radius 3 is 2.50 bits per heavy atom. The van der Waals surface area contributed by atoms with Gasteiger partial charge in [0.1, 0.15) is 0 Å². The molecule has 1 atom stereocenters. The normalized spacial score (nSPS) is 12.4. The Bertz CT molecular complexity index is 782. The summed E-state index contributed by atoms with van der Waals surface area (Å²) >= 11 is 0. The maximum absolute atomic E-state index is 4.01. The molecule has 24 heavy (non-hydrogen) atoms. The molecule has 0 radical (unpaired) electrons. The fourth-order valence-electron chi connectivity index (χ4n) is 3.64. The van der Waals surface area contributed by atoms with Crippen molar-refractivity contribution in [3.8, 4) is 11.3 Å². The third kappa shape index (κ3) is 3.46. The number of nitrogens with one attached hydrogen (secondary N) is 1. The van der Waals surface area contributed by atoms with E-state index in [4.69, 9.17) is 0 Å². The molecule has 124 valence electrons. The van der Waals surface area contributed by atoms with Gasteiger partial charge in [-0.2, -0.15) is 0 Å². The zero-order chi connectivity index (χ0) is 16.8. The van der Waals surface area contributed by atoms with Crippen molar-refractivity contribution < 1.29 is 0 Å². The molecule has 0 aliphatic heterocycles. The molecule has 1 aromatic heterocycles. The van der Waals surface area contributed by atoms with Gasteiger partial charge in [-0.25, -0.2) is 0 Å². The number of aromatic amines is 1. The monoisotopic (exact) mass is 317 g/mol. The minimum absolute atomic E-state index is 0.528. The largest absolute Gasteiger partial charge is 0.354 e. The first kappa shape index (κ1) is 16.6. The quantitative estimate of drug-likeness (QED) is 0.337. The Morgan fingerprint density at radius 2 is 1.75 bits per heavy atom. The number of unbranched alkanes of at least 4 members (excludes halogenated alkanes) is 2. The fourth-order valence-corrected chi connectivity index (χ4v) is 3.64. The van der Waals surface area contributed by atoms with Crippen molar-refractivity contribution in [1.82, 2.24) is 4.98 Å². The van der Waals surface area contributed by atoms with E-state index in [1.54, 1.807) is 0 Å². The van der Waals surface area contributed by atoms with E-state index < -0.39 is 0 Å². The molecule has 1 unspecified atom stereocenters. The minimum atomic E-state index is 0.528. The number of allylic oxidation sites excluding steroid dienone is 1. The number of aromatic nitrogens is 1. The highest BCUT2D eigenvalue weighted by Crippen LogP contribution is 2.39. The molecule has 0 aliphatic carbocycles. The summed E-state index contributed by atoms with van der Waals surface area (Å²) in [7, 11) is 0. The van der Waals surface area contributed by atoms with Gasteiger partial charge in [0.2, 0.25) is 0 Å². The standard InChI is InChI=1S/C23H27N/c1-3-5-7-13-18(12-4-2)22-20-16-10-11-17-21(20)24-23(22)19-14-8-6-9-15-19/h4,6,8-11,14-18,24H,2-3,5,7,12-13H2,1H3. The lowest BCUT2D eigenvalue weighted by Gasteiger charge is -2.17. The van der Waals surface area contributed by atoms with Crippen molar-refractivity contribution in [1.29, 1.82) is 0 Å². The molecule has 1 nitrogen and oxygen atoms in total. The Labute approximate surface area is 145 Å². The molecule has 3 aromatic rings. The number of benzene rings is 2. The van der Waals surface area contributed by atoms with Crippen molar-refractivity contribution in [3.05, 3.63) is 72.8 Å². The Hall–Kier alpha value is -2.28. The third-order valence-electron chi connectivity index (χ3n) is 4.82. The molecule has 0 saturated heterocycles. The summed E-state index contributed by atoms with van der Waals surface area (Å²) in [6.45, 7) is 6.28. The van der Waals surface area contributed by atoms with Crippen LogP contribution in [0.2, 0.25) is 0 Å². The van der Waals surface area contributed by atoms with Gasteiger partial charge in [-0.15, -0.1) is 6.58 Å². The molecule has 2 aromatic carbocycles. The molecule has 1 N–H and O–H groups in total. The van der Waals surface area contributed by atoms with E-state index in [1.807, 2.05) is 0 Å². The summed E-state index contributed by atoms with van der Waals surface area (Å²) < 4.78 is 0. The van der Waals surface area contributed by atoms with Gasteiger partial charge in [-0.3, -0.25) is 0 Å². The van der Waals surface area contributed by atoms with Crippen molar-refractivity contribution in [2.75, 3.05) is 0 Å². The van der Waals surface area contributed by atoms with Gasteiger partial charge in [-0.1, -0.05) is 80.8 Å². The molecule has 0 saturated carbocycles. The Balaban J connectivity index is 2.10. The second kappa shape index (κ2) is 8.01. The molecule has 0 spiro atoms. The van der Waals surface area contributed by atoms with Gasteiger partial charge in [-0.05, 0) is 36.0 Å². The van der Waals surface area contributed by atoms with Crippen LogP contribution in [0.25, 0.3) is 22.2 Å². The Morgan fingerprint density at radius 1 is 1.00 bits per heavy atom. The molecule has 0 bridgehead atoms. The highest BCUT2D eigenvalue weighted by atomic mass is 14.7. The fraction of sp³-hybridized carbons (Fsp3) is 0.304. The van der Waals surface area contributed by atoms with Crippen LogP contribution in [0.15, 0.2) is 67.3 Å². The lowest BCUT2D eigenvalue weighted by molar-refractivity contribution is 0.574. The van der Waals surface area contributed by atoms with E-state index >= 15 is 0 Å². The van der Waals surface area contributed by atoms with Crippen LogP contribution < -0.4 is 0 Å². The van der Waals surface area contributed by atoms with Gasteiger partial charge in [0, 0.05) is 16.6 Å². The molecular weight excluding hydrogens is 290 g/mol. The second-order valence-corrected chi connectivity index (χ2v) is 6.54. The Kier molecular flexibility index (Phi) is 5.53. The van der Waals surface area contributed by atoms with E-state index in [0.717, 1.165) is 6.42 Å². The molecule has 0 amide bonds. The average Bonchev–Trinajstić information content (AvgIpc) is 3.01. The number of fused-ring (bicyclic) bond motifs is 1. The van der Waals surface area contributed by atoms with Crippen molar-refractivity contribution in [3.63, 3.8) is 0 Å². The van der Waals surface area contributed by atoms with Crippen LogP contribution in [-0.2, 0) is 0 Å². The molecule has 1 heterocycles. The topological polar surface area (TPSA) is 15.8 Å². The lowest BCUT2D eigenvalue weighted by atomic mass is 9.87. The number of H-pyrrole nitrogens is 1. The molecule has 1 heteroatoms. The van der Waals surface area contributed by atoms with Crippen LogP contribution in [0.1, 0.15) is 50.5 Å². The van der Waals surface area contributed by atoms with Gasteiger partial charge in [0.05, 0.1) is 0 Å². The summed E-state index contributed by atoms with van der Waals surface area (Å²) in [6.07, 6.45) is 8.18. The van der Waals surface area contributed by atoms with Crippen molar-refractivity contribution in [2.24, 2.45) is 0 Å². The first-order valence-electron chi connectivity index (χ1n) is 9.12. The van der Waals surface area contributed by atoms with E-state index in [1.165, 1.54) is 53.4 Å². The first-order valence-corrected chi connectivity index (χ1v) is 9.12. The number of hydrogen-bond donors (Lipinski definition) is 1. The predicted octanol–water partition coefficient (Wildman–Crippen LogP) is 7.07.